The number of cyclic esters (lactones) is 4. The second kappa shape index (κ2) is 51.7. The molecule has 0 aromatic heterocycles. The van der Waals surface area contributed by atoms with Gasteiger partial charge >= 0.3 is 71.6 Å². The molecular weight excluding hydrogens is 1810 g/mol. The zero-order chi connectivity index (χ0) is 105. The van der Waals surface area contributed by atoms with Gasteiger partial charge < -0.3 is 61.9 Å². The molecule has 806 valence electrons. The summed E-state index contributed by atoms with van der Waals surface area (Å²) in [5.41, 5.74) is -0.500. The van der Waals surface area contributed by atoms with Gasteiger partial charge in [-0.3, -0.25) is 52.7 Å². The number of methoxy groups -OCH3 is 1. The van der Waals surface area contributed by atoms with Crippen LogP contribution in [0.25, 0.3) is 0 Å². The molecule has 10 bridgehead atoms. The molecule has 29 atom stereocenters. The molecule has 0 amide bonds. The monoisotopic (exact) mass is 1990 g/mol. The maximum atomic E-state index is 13.1. The van der Waals surface area contributed by atoms with Crippen molar-refractivity contribution >= 4 is 71.6 Å². The molecule has 3 saturated heterocycles. The van der Waals surface area contributed by atoms with Crippen molar-refractivity contribution in [2.45, 2.75) is 439 Å². The molecule has 1 aromatic rings. The van der Waals surface area contributed by atoms with Gasteiger partial charge in [0.2, 0.25) is 0 Å². The topological polar surface area (TPSA) is 336 Å². The Morgan fingerprint density at radius 3 is 1.25 bits per heavy atom. The molecular formula is C117H188O25. The smallest absolute Gasteiger partial charge is 0.348 e. The van der Waals surface area contributed by atoms with Crippen molar-refractivity contribution < 1.29 is 119 Å². The zero-order valence-electron chi connectivity index (χ0n) is 92.4. The van der Waals surface area contributed by atoms with Crippen LogP contribution in [0.15, 0.2) is 24.3 Å². The van der Waals surface area contributed by atoms with Gasteiger partial charge in [0.25, 0.3) is 0 Å². The van der Waals surface area contributed by atoms with Crippen LogP contribution in [0, 0.1) is 158 Å². The van der Waals surface area contributed by atoms with Crippen LogP contribution in [-0.2, 0) is 114 Å². The minimum Gasteiger partial charge on any atom is -0.508 e. The van der Waals surface area contributed by atoms with E-state index in [1.165, 1.54) is 96.0 Å². The number of carbonyl (C=O) groups excluding carboxylic acids is 12. The van der Waals surface area contributed by atoms with Gasteiger partial charge in [-0.1, -0.05) is 144 Å². The van der Waals surface area contributed by atoms with E-state index >= 15 is 0 Å². The quantitative estimate of drug-likeness (QED) is 0.0337. The first kappa shape index (κ1) is 119. The zero-order valence-corrected chi connectivity index (χ0v) is 92.4. The maximum absolute atomic E-state index is 13.1. The predicted octanol–water partition coefficient (Wildman–Crippen LogP) is 23.9. The second-order valence-electron chi connectivity index (χ2n) is 48.3. The molecule has 1 aromatic carbocycles. The van der Waals surface area contributed by atoms with Crippen molar-refractivity contribution in [2.75, 3.05) is 33.5 Å². The van der Waals surface area contributed by atoms with E-state index in [1.807, 2.05) is 74.4 Å². The van der Waals surface area contributed by atoms with E-state index in [0.717, 1.165) is 158 Å². The highest BCUT2D eigenvalue weighted by molar-refractivity contribution is 5.96. The van der Waals surface area contributed by atoms with E-state index in [1.54, 1.807) is 46.9 Å². The van der Waals surface area contributed by atoms with Gasteiger partial charge in [0.05, 0.1) is 77.5 Å². The van der Waals surface area contributed by atoms with Gasteiger partial charge in [-0.05, 0) is 366 Å². The summed E-state index contributed by atoms with van der Waals surface area (Å²) in [6, 6.07) is 7.43. The van der Waals surface area contributed by atoms with Gasteiger partial charge in [-0.25, -0.2) is 4.79 Å². The number of esters is 12. The third-order valence-electron chi connectivity index (χ3n) is 39.1. The Bertz CT molecular complexity index is 4190. The van der Waals surface area contributed by atoms with E-state index in [2.05, 4.69) is 92.6 Å². The molecule has 17 rings (SSSR count). The molecule has 3 aliphatic heterocycles. The number of aromatic hydroxyl groups is 1. The summed E-state index contributed by atoms with van der Waals surface area (Å²) in [5.74, 6) is 8.77. The lowest BCUT2D eigenvalue weighted by atomic mass is 9.74. The molecule has 1 N–H and O–H groups in total. The van der Waals surface area contributed by atoms with Crippen molar-refractivity contribution in [3.8, 4) is 5.75 Å². The van der Waals surface area contributed by atoms with Crippen LogP contribution < -0.4 is 0 Å². The predicted molar refractivity (Wildman–Crippen MR) is 543 cm³/mol. The number of benzene rings is 1. The number of fused-ring (bicyclic) bond motifs is 9. The van der Waals surface area contributed by atoms with E-state index in [9.17, 15) is 57.5 Å². The Morgan fingerprint density at radius 1 is 0.458 bits per heavy atom. The first-order chi connectivity index (χ1) is 66.9. The van der Waals surface area contributed by atoms with Crippen molar-refractivity contribution in [3.63, 3.8) is 0 Å². The van der Waals surface area contributed by atoms with Crippen molar-refractivity contribution in [3.05, 3.63) is 29.8 Å². The van der Waals surface area contributed by atoms with Crippen molar-refractivity contribution in [1.29, 1.82) is 0 Å². The van der Waals surface area contributed by atoms with E-state index in [4.69, 9.17) is 52.5 Å². The summed E-state index contributed by atoms with van der Waals surface area (Å²) >= 11 is 0. The number of carbonyl (C=O) groups is 12. The van der Waals surface area contributed by atoms with Crippen molar-refractivity contribution in [1.82, 2.24) is 0 Å². The minimum atomic E-state index is -0.725. The number of ether oxygens (including phenoxy) is 12. The van der Waals surface area contributed by atoms with Crippen LogP contribution in [0.1, 0.15) is 403 Å². The van der Waals surface area contributed by atoms with Crippen LogP contribution in [0.2, 0.25) is 0 Å². The molecule has 142 heavy (non-hydrogen) atoms. The maximum Gasteiger partial charge on any atom is 0.348 e. The van der Waals surface area contributed by atoms with Crippen LogP contribution in [0.4, 0.5) is 0 Å². The Balaban J connectivity index is 0.000000182. The summed E-state index contributed by atoms with van der Waals surface area (Å²) in [4.78, 5) is 139. The molecule has 29 unspecified atom stereocenters. The van der Waals surface area contributed by atoms with E-state index in [-0.39, 0.29) is 135 Å². The average molecular weight is 1990 g/mol. The standard InChI is InChI=1S/C23H36O4.C17H28O2.C15H26O4.C14H20O4.2C13H24O2.C10H14O.2C6H8O3/c1-5-23(12-16-6-7-19(23)8-16)27-22(25)21(26-15(4)24)11-18-9-17-10-20(18)14(3)13(17)2;1-4-17(7-5-6-8-17)19-16(18)15-10-13-9-14(15)12(3)11(13)2;1-10-11(2)13-8-12(10)9-14(13)15(16)19-7-6-18-5-4-17-3;1-4-14(2,3)13(16)18-10-7-5-8-9(6-7)12(15)17-11(8)10;2*1-5-12(3,4)11(14)15-13(6-2)9-7-8-10-13;1-3-8(2)9-4-6-10(11)7-5-9;2*1-3-4(2)6(8)9-5(3)7/h13-14,16-21H,5-12H2,1-4H3;11-15H,4-10H2,1-3H3;10-14H,4-9H2,1-3H3;7-11H,4-6H2,1-3H3;2*5-10H2,1-4H3;4-8,11H,3H2,1-2H3;2*3-4H,1-2H3. The molecule has 13 saturated carbocycles. The highest BCUT2D eigenvalue weighted by Gasteiger charge is 2.64. The van der Waals surface area contributed by atoms with Crippen LogP contribution in [0.5, 0.6) is 5.75 Å². The number of rotatable bonds is 29. The normalized spacial score (nSPS) is 34.4. The molecule has 3 heterocycles. The fourth-order valence-electron chi connectivity index (χ4n) is 26.1. The number of hydrogen-bond acceptors (Lipinski definition) is 25. The second-order valence-corrected chi connectivity index (χ2v) is 48.3. The average Bonchev–Trinajstić information content (AvgIpc) is 1.57. The lowest BCUT2D eigenvalue weighted by Crippen LogP contribution is -2.44. The Hall–Kier alpha value is -7.02. The third-order valence-corrected chi connectivity index (χ3v) is 39.1. The Morgan fingerprint density at radius 2 is 0.880 bits per heavy atom. The fraction of sp³-hybridized carbons (Fsp3) is 0.846. The molecule has 25 nitrogen and oxygen atoms in total. The lowest BCUT2D eigenvalue weighted by Gasteiger charge is -2.38. The van der Waals surface area contributed by atoms with Crippen molar-refractivity contribution in [2.24, 2.45) is 158 Å². The first-order valence-corrected chi connectivity index (χ1v) is 55.9. The minimum absolute atomic E-state index is 0.0124. The summed E-state index contributed by atoms with van der Waals surface area (Å²) in [5, 5.41) is 9.01. The van der Waals surface area contributed by atoms with Gasteiger partial charge in [0, 0.05) is 25.9 Å². The molecule has 16 aliphatic rings. The van der Waals surface area contributed by atoms with Gasteiger partial charge in [0.15, 0.2) is 6.10 Å². The number of phenolic OH excluding ortho intramolecular Hbond substituents is 1. The first-order valence-electron chi connectivity index (χ1n) is 55.9. The van der Waals surface area contributed by atoms with Crippen LogP contribution in [-0.4, -0.2) is 151 Å². The summed E-state index contributed by atoms with van der Waals surface area (Å²) in [6.07, 6.45) is 34.0. The van der Waals surface area contributed by atoms with Gasteiger partial charge in [-0.15, -0.1) is 0 Å². The summed E-state index contributed by atoms with van der Waals surface area (Å²) in [6.45, 7) is 54.7. The molecule has 25 heteroatoms. The molecule has 16 fully saturated rings. The lowest BCUT2D eigenvalue weighted by molar-refractivity contribution is -0.185. The fourth-order valence-corrected chi connectivity index (χ4v) is 26.1. The molecule has 0 radical (unpaired) electrons. The SMILES string of the molecule is CC1C(=O)OC(=O)C1C.CC1C(=O)OC(=O)C1C.CCC(C)(C)C(=O)OC1C2CC3C(=O)OC1C3C2.CCC(C)c1ccc(O)cc1.CCC1(OC(=O)C(C)(C)CC)CCCC1.CCC1(OC(=O)C(C)(C)CC)CCCC1.CCC1(OC(=O)C(CC2CC3CC2C(C)C3C)OC(C)=O)CC2CCC1C2.CCC1(OC(=O)C2CC3CC2C(C)C3C)CCCC1.COCCOCCOC(=O)C1CC2CC1C(C)C2C. The Kier molecular flexibility index (Phi) is 43.2. The van der Waals surface area contributed by atoms with Crippen LogP contribution in [0.3, 0.4) is 0 Å². The van der Waals surface area contributed by atoms with E-state index < -0.39 is 35.4 Å². The number of phenols is 1. The largest absolute Gasteiger partial charge is 0.508 e. The molecule has 13 aliphatic carbocycles. The number of hydrogen-bond donors (Lipinski definition) is 1. The van der Waals surface area contributed by atoms with E-state index in [0.29, 0.717) is 110 Å². The Labute approximate surface area is 852 Å². The van der Waals surface area contributed by atoms with Gasteiger partial charge in [0.1, 0.15) is 47.0 Å². The highest BCUT2D eigenvalue weighted by atomic mass is 16.6. The summed E-state index contributed by atoms with van der Waals surface area (Å²) in [7, 11) is 1.64. The third kappa shape index (κ3) is 28.9. The van der Waals surface area contributed by atoms with Gasteiger partial charge in [-0.2, -0.15) is 0 Å². The van der Waals surface area contributed by atoms with Crippen LogP contribution >= 0.6 is 0 Å². The molecule has 0 spiro atoms. The summed E-state index contributed by atoms with van der Waals surface area (Å²) < 4.78 is 64.4. The highest BCUT2D eigenvalue weighted by Crippen LogP contribution is 2.61.